The van der Waals surface area contributed by atoms with Crippen LogP contribution in [0.15, 0.2) is 72.8 Å². The van der Waals surface area contributed by atoms with E-state index in [0.29, 0.717) is 42.5 Å². The summed E-state index contributed by atoms with van der Waals surface area (Å²) in [5.41, 5.74) is 1.95. The molecule has 0 unspecified atom stereocenters. The number of ether oxygens (including phenoxy) is 2. The summed E-state index contributed by atoms with van der Waals surface area (Å²) >= 11 is 0. The maximum Gasteiger partial charge on any atom is 0.243 e. The van der Waals surface area contributed by atoms with Gasteiger partial charge in [-0.25, -0.2) is 12.8 Å². The molecule has 0 bridgehead atoms. The quantitative estimate of drug-likeness (QED) is 0.320. The van der Waals surface area contributed by atoms with Crippen molar-refractivity contribution in [2.45, 2.75) is 38.8 Å². The van der Waals surface area contributed by atoms with Gasteiger partial charge in [0.2, 0.25) is 21.8 Å². The zero-order chi connectivity index (χ0) is 30.1. The Morgan fingerprint density at radius 3 is 2.31 bits per heavy atom. The number of fused-ring (bicyclic) bond motifs is 1. The van der Waals surface area contributed by atoms with Crippen molar-refractivity contribution in [1.29, 1.82) is 0 Å². The maximum absolute atomic E-state index is 13.8. The summed E-state index contributed by atoms with van der Waals surface area (Å²) in [5, 5.41) is 2.83. The summed E-state index contributed by atoms with van der Waals surface area (Å²) in [6, 6.07) is 19.3. The molecule has 1 aliphatic heterocycles. The number of carbonyl (C=O) groups is 2. The van der Waals surface area contributed by atoms with Crippen molar-refractivity contribution in [2.24, 2.45) is 0 Å². The van der Waals surface area contributed by atoms with Crippen LogP contribution in [-0.2, 0) is 32.6 Å². The van der Waals surface area contributed by atoms with Gasteiger partial charge in [0.1, 0.15) is 25.1 Å². The minimum atomic E-state index is -3.68. The highest BCUT2D eigenvalue weighted by atomic mass is 32.2. The van der Waals surface area contributed by atoms with Gasteiger partial charge in [0.15, 0.2) is 11.5 Å². The van der Waals surface area contributed by atoms with Gasteiger partial charge in [0, 0.05) is 38.5 Å². The fourth-order valence-electron chi connectivity index (χ4n) is 4.82. The number of likely N-dealkylation sites (N-methyl/N-ethyl adjacent to an activating group) is 1. The zero-order valence-corrected chi connectivity index (χ0v) is 24.6. The number of nitrogens with zero attached hydrogens (tertiary/aromatic N) is 2. The third-order valence-electron chi connectivity index (χ3n) is 6.85. The van der Waals surface area contributed by atoms with Gasteiger partial charge in [0.25, 0.3) is 0 Å². The average Bonchev–Trinajstić information content (AvgIpc) is 2.97. The van der Waals surface area contributed by atoms with Crippen LogP contribution in [0.1, 0.15) is 30.9 Å². The Balaban J connectivity index is 1.55. The van der Waals surface area contributed by atoms with E-state index in [1.54, 1.807) is 37.3 Å². The van der Waals surface area contributed by atoms with Gasteiger partial charge < -0.3 is 19.7 Å². The molecule has 224 valence electrons. The van der Waals surface area contributed by atoms with Crippen molar-refractivity contribution in [2.75, 3.05) is 36.9 Å². The lowest BCUT2D eigenvalue weighted by Gasteiger charge is -2.32. The summed E-state index contributed by atoms with van der Waals surface area (Å²) in [4.78, 5) is 28.6. The number of carbonyl (C=O) groups excluding carboxylic acids is 2. The Hall–Kier alpha value is -4.12. The molecule has 4 rings (SSSR count). The van der Waals surface area contributed by atoms with E-state index >= 15 is 0 Å². The number of nitrogens with one attached hydrogen (secondary N) is 1. The highest BCUT2D eigenvalue weighted by Crippen LogP contribution is 2.34. The SMILES string of the molecule is CCNC(=O)[C@H](Cc1ccccc1)N(Cc1ccc(F)cc1)C(=O)CCCN(c1ccc2c(c1)OCCO2)S(C)(=O)=O. The maximum atomic E-state index is 13.8. The number of hydrogen-bond donors (Lipinski definition) is 1. The fraction of sp³-hybridized carbons (Fsp3) is 0.355. The van der Waals surface area contributed by atoms with Crippen molar-refractivity contribution in [3.63, 3.8) is 0 Å². The first-order valence-corrected chi connectivity index (χ1v) is 15.7. The van der Waals surface area contributed by atoms with Crippen LogP contribution in [0.25, 0.3) is 0 Å². The summed E-state index contributed by atoms with van der Waals surface area (Å²) in [5.74, 6) is -0.0197. The predicted molar refractivity (Wildman–Crippen MR) is 158 cm³/mol. The molecular weight excluding hydrogens is 561 g/mol. The van der Waals surface area contributed by atoms with Crippen molar-refractivity contribution >= 4 is 27.5 Å². The number of halogens is 1. The molecule has 3 aromatic rings. The van der Waals surface area contributed by atoms with Crippen LogP contribution in [0, 0.1) is 5.82 Å². The van der Waals surface area contributed by atoms with E-state index in [2.05, 4.69) is 5.32 Å². The van der Waals surface area contributed by atoms with Crippen molar-refractivity contribution in [1.82, 2.24) is 10.2 Å². The second-order valence-corrected chi connectivity index (χ2v) is 11.9. The topological polar surface area (TPSA) is 105 Å². The van der Waals surface area contributed by atoms with Crippen LogP contribution in [0.2, 0.25) is 0 Å². The molecule has 3 aromatic carbocycles. The third kappa shape index (κ3) is 8.22. The van der Waals surface area contributed by atoms with E-state index < -0.39 is 21.9 Å². The molecule has 1 atom stereocenters. The Kier molecular flexibility index (Phi) is 10.4. The van der Waals surface area contributed by atoms with E-state index in [4.69, 9.17) is 9.47 Å². The highest BCUT2D eigenvalue weighted by molar-refractivity contribution is 7.92. The number of rotatable bonds is 13. The lowest BCUT2D eigenvalue weighted by molar-refractivity contribution is -0.141. The Labute approximate surface area is 246 Å². The molecule has 0 fully saturated rings. The van der Waals surface area contributed by atoms with Crippen LogP contribution >= 0.6 is 0 Å². The van der Waals surface area contributed by atoms with Gasteiger partial charge in [-0.05, 0) is 48.7 Å². The summed E-state index contributed by atoms with van der Waals surface area (Å²) in [6.45, 7) is 3.11. The standard InChI is InChI=1S/C31H36FN3O6S/c1-3-33-31(37)27(20-23-8-5-4-6-9-23)34(22-24-11-13-25(32)14-12-24)30(36)10-7-17-35(42(2,38)39)26-15-16-28-29(21-26)41-19-18-40-28/h4-6,8-9,11-16,21,27H,3,7,10,17-20,22H2,1-2H3,(H,33,37)/t27-/m0/s1. The molecule has 1 N–H and O–H groups in total. The van der Waals surface area contributed by atoms with Gasteiger partial charge in [-0.3, -0.25) is 13.9 Å². The molecule has 0 saturated carbocycles. The molecule has 0 spiro atoms. The van der Waals surface area contributed by atoms with Crippen LogP contribution in [0.5, 0.6) is 11.5 Å². The first-order chi connectivity index (χ1) is 20.2. The molecule has 42 heavy (non-hydrogen) atoms. The first kappa shape index (κ1) is 30.8. The molecule has 9 nitrogen and oxygen atoms in total. The fourth-order valence-corrected chi connectivity index (χ4v) is 5.78. The highest BCUT2D eigenvalue weighted by Gasteiger charge is 2.30. The monoisotopic (exact) mass is 597 g/mol. The van der Waals surface area contributed by atoms with E-state index in [9.17, 15) is 22.4 Å². The van der Waals surface area contributed by atoms with Gasteiger partial charge in [0.05, 0.1) is 11.9 Å². The van der Waals surface area contributed by atoms with E-state index in [1.165, 1.54) is 21.3 Å². The lowest BCUT2D eigenvalue weighted by Crippen LogP contribution is -2.50. The van der Waals surface area contributed by atoms with Crippen molar-refractivity contribution < 1.29 is 31.9 Å². The number of hydrogen-bond acceptors (Lipinski definition) is 6. The van der Waals surface area contributed by atoms with Gasteiger partial charge in [-0.1, -0.05) is 42.5 Å². The molecular formula is C31H36FN3O6S. The molecule has 0 radical (unpaired) electrons. The van der Waals surface area contributed by atoms with Crippen LogP contribution < -0.4 is 19.1 Å². The van der Waals surface area contributed by atoms with Crippen LogP contribution in [0.3, 0.4) is 0 Å². The number of anilines is 1. The molecule has 11 heteroatoms. The smallest absolute Gasteiger partial charge is 0.243 e. The van der Waals surface area contributed by atoms with E-state index in [0.717, 1.165) is 11.8 Å². The van der Waals surface area contributed by atoms with Crippen LogP contribution in [0.4, 0.5) is 10.1 Å². The van der Waals surface area contributed by atoms with Crippen molar-refractivity contribution in [3.05, 3.63) is 89.7 Å². The minimum Gasteiger partial charge on any atom is -0.486 e. The van der Waals surface area contributed by atoms with E-state index in [-0.39, 0.29) is 44.2 Å². The predicted octanol–water partition coefficient (Wildman–Crippen LogP) is 3.92. The van der Waals surface area contributed by atoms with Gasteiger partial charge in [-0.2, -0.15) is 0 Å². The molecule has 0 aliphatic carbocycles. The number of benzene rings is 3. The second-order valence-electron chi connectivity index (χ2n) is 10.0. The first-order valence-electron chi connectivity index (χ1n) is 13.9. The summed E-state index contributed by atoms with van der Waals surface area (Å²) < 4.78 is 51.5. The Morgan fingerprint density at radius 2 is 1.64 bits per heavy atom. The molecule has 2 amide bonds. The number of amides is 2. The molecule has 0 saturated heterocycles. The van der Waals surface area contributed by atoms with E-state index in [1.807, 2.05) is 30.3 Å². The Bertz CT molecular complexity index is 1470. The van der Waals surface area contributed by atoms with Gasteiger partial charge in [-0.15, -0.1) is 0 Å². The number of sulfonamides is 1. The van der Waals surface area contributed by atoms with Crippen molar-refractivity contribution in [3.8, 4) is 11.5 Å². The second kappa shape index (κ2) is 14.2. The van der Waals surface area contributed by atoms with Gasteiger partial charge >= 0.3 is 0 Å². The van der Waals surface area contributed by atoms with Crippen LogP contribution in [-0.4, -0.2) is 63.7 Å². The molecule has 0 aromatic heterocycles. The average molecular weight is 598 g/mol. The third-order valence-corrected chi connectivity index (χ3v) is 8.05. The summed E-state index contributed by atoms with van der Waals surface area (Å²) in [7, 11) is -3.68. The molecule has 1 heterocycles. The Morgan fingerprint density at radius 1 is 0.952 bits per heavy atom. The normalized spacial score (nSPS) is 13.2. The largest absolute Gasteiger partial charge is 0.486 e. The minimum absolute atomic E-state index is 0.0114. The summed E-state index contributed by atoms with van der Waals surface area (Å²) in [6.07, 6.45) is 1.58. The lowest BCUT2D eigenvalue weighted by atomic mass is 10.0. The zero-order valence-electron chi connectivity index (χ0n) is 23.8. The molecule has 1 aliphatic rings.